The molecular formula is C18H19NO2S2. The summed E-state index contributed by atoms with van der Waals surface area (Å²) in [6, 6.07) is 19.6. The van der Waals surface area contributed by atoms with Gasteiger partial charge in [-0.3, -0.25) is 0 Å². The van der Waals surface area contributed by atoms with E-state index in [2.05, 4.69) is 5.92 Å². The van der Waals surface area contributed by atoms with Crippen LogP contribution in [0.25, 0.3) is 0 Å². The Morgan fingerprint density at radius 3 is 2.26 bits per heavy atom. The first-order chi connectivity index (χ1) is 11.2. The highest BCUT2D eigenvalue weighted by atomic mass is 32.2. The molecule has 5 heteroatoms. The number of hydrogen-bond donors (Lipinski definition) is 0. The first-order valence-corrected chi connectivity index (χ1v) is 9.03. The van der Waals surface area contributed by atoms with E-state index >= 15 is 0 Å². The lowest BCUT2D eigenvalue weighted by atomic mass is 10.3. The minimum atomic E-state index is -1.02. The SMILES string of the molecule is C#CCOC(Oc1ccccc1)(SC)N(C)Sc1ccccc1. The van der Waals surface area contributed by atoms with Crippen LogP contribution in [-0.4, -0.2) is 29.5 Å². The molecule has 0 aliphatic carbocycles. The summed E-state index contributed by atoms with van der Waals surface area (Å²) in [5, 5.41) is -1.02. The van der Waals surface area contributed by atoms with Crippen LogP contribution in [0.2, 0.25) is 0 Å². The number of thioether (sulfide) groups is 1. The van der Waals surface area contributed by atoms with E-state index in [-0.39, 0.29) is 6.61 Å². The summed E-state index contributed by atoms with van der Waals surface area (Å²) in [6.07, 6.45) is 7.30. The van der Waals surface area contributed by atoms with Crippen molar-refractivity contribution >= 4 is 23.7 Å². The van der Waals surface area contributed by atoms with Crippen LogP contribution in [0.1, 0.15) is 0 Å². The zero-order valence-corrected chi connectivity index (χ0v) is 14.8. The van der Waals surface area contributed by atoms with Crippen LogP contribution in [0.5, 0.6) is 5.75 Å². The molecule has 120 valence electrons. The van der Waals surface area contributed by atoms with Gasteiger partial charge in [-0.05, 0) is 42.5 Å². The smallest absolute Gasteiger partial charge is 0.336 e. The molecule has 1 atom stereocenters. The van der Waals surface area contributed by atoms with Gasteiger partial charge in [-0.15, -0.1) is 6.42 Å². The third-order valence-electron chi connectivity index (χ3n) is 2.96. The number of nitrogens with zero attached hydrogens (tertiary/aromatic N) is 1. The third-order valence-corrected chi connectivity index (χ3v) is 5.06. The zero-order valence-electron chi connectivity index (χ0n) is 13.1. The van der Waals surface area contributed by atoms with Crippen molar-refractivity contribution in [3.8, 4) is 18.1 Å². The summed E-state index contributed by atoms with van der Waals surface area (Å²) in [7, 11) is 1.92. The van der Waals surface area contributed by atoms with Crippen molar-refractivity contribution in [2.75, 3.05) is 19.9 Å². The quantitative estimate of drug-likeness (QED) is 0.402. The summed E-state index contributed by atoms with van der Waals surface area (Å²) < 4.78 is 13.9. The molecule has 0 radical (unpaired) electrons. The van der Waals surface area contributed by atoms with E-state index in [4.69, 9.17) is 15.9 Å². The molecule has 0 bridgehead atoms. The topological polar surface area (TPSA) is 21.7 Å². The Bertz CT molecular complexity index is 630. The fraction of sp³-hybridized carbons (Fsp3) is 0.222. The molecule has 0 spiro atoms. The molecule has 0 saturated carbocycles. The number of hydrogen-bond acceptors (Lipinski definition) is 5. The highest BCUT2D eigenvalue weighted by Gasteiger charge is 2.39. The second-order valence-corrected chi connectivity index (χ2v) is 6.66. The lowest BCUT2D eigenvalue weighted by molar-refractivity contribution is -0.157. The number of para-hydroxylation sites is 1. The van der Waals surface area contributed by atoms with Gasteiger partial charge < -0.3 is 9.47 Å². The summed E-state index contributed by atoms with van der Waals surface area (Å²) >= 11 is 2.98. The Hall–Kier alpha value is -1.58. The van der Waals surface area contributed by atoms with E-state index in [9.17, 15) is 0 Å². The summed E-state index contributed by atoms with van der Waals surface area (Å²) in [5.41, 5.74) is 0. The van der Waals surface area contributed by atoms with Gasteiger partial charge in [0.2, 0.25) is 0 Å². The zero-order chi connectivity index (χ0) is 16.5. The second-order valence-electron chi connectivity index (χ2n) is 4.54. The van der Waals surface area contributed by atoms with Crippen LogP contribution >= 0.6 is 23.7 Å². The van der Waals surface area contributed by atoms with Gasteiger partial charge in [0.25, 0.3) is 0 Å². The van der Waals surface area contributed by atoms with E-state index < -0.39 is 5.24 Å². The molecule has 1 unspecified atom stereocenters. The summed E-state index contributed by atoms with van der Waals surface area (Å²) in [5.74, 6) is 3.23. The van der Waals surface area contributed by atoms with Crippen molar-refractivity contribution in [1.82, 2.24) is 4.31 Å². The number of benzene rings is 2. The molecule has 0 saturated heterocycles. The Morgan fingerprint density at radius 2 is 1.70 bits per heavy atom. The van der Waals surface area contributed by atoms with Gasteiger partial charge in [0.05, 0.1) is 0 Å². The van der Waals surface area contributed by atoms with E-state index in [0.29, 0.717) is 0 Å². The van der Waals surface area contributed by atoms with Crippen LogP contribution in [0.4, 0.5) is 0 Å². The van der Waals surface area contributed by atoms with E-state index in [1.165, 1.54) is 23.7 Å². The average molecular weight is 345 g/mol. The second kappa shape index (κ2) is 8.90. The monoisotopic (exact) mass is 345 g/mol. The van der Waals surface area contributed by atoms with E-state index in [0.717, 1.165) is 10.6 Å². The molecule has 0 aliphatic heterocycles. The molecular weight excluding hydrogens is 326 g/mol. The van der Waals surface area contributed by atoms with Crippen molar-refractivity contribution in [2.24, 2.45) is 0 Å². The normalized spacial score (nSPS) is 13.3. The van der Waals surface area contributed by atoms with Gasteiger partial charge in [-0.2, -0.15) is 4.31 Å². The molecule has 0 heterocycles. The number of ether oxygens (including phenoxy) is 2. The van der Waals surface area contributed by atoms with Crippen LogP contribution in [0.15, 0.2) is 65.6 Å². The molecule has 0 amide bonds. The molecule has 2 rings (SSSR count). The predicted molar refractivity (Wildman–Crippen MR) is 98.2 cm³/mol. The van der Waals surface area contributed by atoms with Gasteiger partial charge >= 0.3 is 5.24 Å². The van der Waals surface area contributed by atoms with Gasteiger partial charge in [-0.1, -0.05) is 54.1 Å². The molecule has 0 aliphatic rings. The highest BCUT2D eigenvalue weighted by Crippen LogP contribution is 2.37. The molecule has 0 aromatic heterocycles. The van der Waals surface area contributed by atoms with Gasteiger partial charge in [0.1, 0.15) is 12.4 Å². The van der Waals surface area contributed by atoms with Crippen LogP contribution in [-0.2, 0) is 4.74 Å². The molecule has 23 heavy (non-hydrogen) atoms. The number of terminal acetylenes is 1. The maximum atomic E-state index is 6.14. The average Bonchev–Trinajstić information content (AvgIpc) is 2.60. The van der Waals surface area contributed by atoms with Crippen LogP contribution in [0.3, 0.4) is 0 Å². The van der Waals surface area contributed by atoms with Gasteiger partial charge in [-0.25, -0.2) is 0 Å². The summed E-state index contributed by atoms with van der Waals surface area (Å²) in [6.45, 7) is 0.160. The number of rotatable bonds is 8. The van der Waals surface area contributed by atoms with Crippen molar-refractivity contribution in [2.45, 2.75) is 10.1 Å². The van der Waals surface area contributed by atoms with E-state index in [1.54, 1.807) is 0 Å². The van der Waals surface area contributed by atoms with Crippen molar-refractivity contribution in [3.05, 3.63) is 60.7 Å². The van der Waals surface area contributed by atoms with Crippen molar-refractivity contribution in [3.63, 3.8) is 0 Å². The molecule has 0 fully saturated rings. The Kier molecular flexibility index (Phi) is 6.87. The lowest BCUT2D eigenvalue weighted by Gasteiger charge is -2.37. The minimum Gasteiger partial charge on any atom is -0.440 e. The molecule has 3 nitrogen and oxygen atoms in total. The van der Waals surface area contributed by atoms with Gasteiger partial charge in [0, 0.05) is 11.9 Å². The minimum absolute atomic E-state index is 0.160. The first kappa shape index (κ1) is 17.8. The Morgan fingerprint density at radius 1 is 1.09 bits per heavy atom. The fourth-order valence-electron chi connectivity index (χ4n) is 1.88. The summed E-state index contributed by atoms with van der Waals surface area (Å²) in [4.78, 5) is 1.09. The largest absolute Gasteiger partial charge is 0.440 e. The first-order valence-electron chi connectivity index (χ1n) is 7.03. The van der Waals surface area contributed by atoms with E-state index in [1.807, 2.05) is 78.3 Å². The van der Waals surface area contributed by atoms with Crippen molar-refractivity contribution < 1.29 is 9.47 Å². The third kappa shape index (κ3) is 4.95. The lowest BCUT2D eigenvalue weighted by Crippen LogP contribution is -2.47. The fourth-order valence-corrected chi connectivity index (χ4v) is 3.63. The Balaban J connectivity index is 2.22. The maximum absolute atomic E-state index is 6.14. The van der Waals surface area contributed by atoms with Crippen molar-refractivity contribution in [1.29, 1.82) is 0 Å². The Labute approximate surface area is 146 Å². The van der Waals surface area contributed by atoms with Crippen LogP contribution < -0.4 is 4.74 Å². The predicted octanol–water partition coefficient (Wildman–Crippen LogP) is 4.33. The highest BCUT2D eigenvalue weighted by molar-refractivity contribution is 8.02. The molecule has 0 N–H and O–H groups in total. The standard InChI is InChI=1S/C18H19NO2S2/c1-4-15-20-18(22-3,21-16-11-7-5-8-12-16)19(2)23-17-13-9-6-10-14-17/h1,5-14H,15H2,2-3H3. The molecule has 2 aromatic carbocycles. The maximum Gasteiger partial charge on any atom is 0.336 e. The van der Waals surface area contributed by atoms with Gasteiger partial charge in [0.15, 0.2) is 0 Å². The molecule has 2 aromatic rings. The van der Waals surface area contributed by atoms with Crippen LogP contribution in [0, 0.1) is 12.3 Å².